The second-order valence-electron chi connectivity index (χ2n) is 2.75. The van der Waals surface area contributed by atoms with Crippen LogP contribution in [0.4, 0.5) is 4.79 Å². The van der Waals surface area contributed by atoms with Gasteiger partial charge in [0.2, 0.25) is 0 Å². The molecular formula is C10H13NO4. The number of carbonyl (C=O) groups is 1. The van der Waals surface area contributed by atoms with Gasteiger partial charge in [-0.15, -0.1) is 0 Å². The molecule has 0 saturated heterocycles. The molecule has 0 fully saturated rings. The van der Waals surface area contributed by atoms with E-state index in [0.29, 0.717) is 12.3 Å². The van der Waals surface area contributed by atoms with Crippen molar-refractivity contribution in [1.29, 1.82) is 0 Å². The molecule has 0 heterocycles. The molecule has 1 aromatic rings. The van der Waals surface area contributed by atoms with Crippen LogP contribution >= 0.6 is 0 Å². The number of nitrogens with one attached hydrogen (secondary N) is 1. The molecule has 82 valence electrons. The highest BCUT2D eigenvalue weighted by Crippen LogP contribution is 2.29. The van der Waals surface area contributed by atoms with Crippen LogP contribution < -0.4 is 14.8 Å². The Morgan fingerprint density at radius 2 is 2.27 bits per heavy atom. The molecule has 0 bridgehead atoms. The van der Waals surface area contributed by atoms with E-state index < -0.39 is 6.09 Å². The number of aromatic hydroxyl groups is 1. The summed E-state index contributed by atoms with van der Waals surface area (Å²) >= 11 is 0. The van der Waals surface area contributed by atoms with E-state index >= 15 is 0 Å². The van der Waals surface area contributed by atoms with E-state index in [-0.39, 0.29) is 11.5 Å². The molecule has 15 heavy (non-hydrogen) atoms. The van der Waals surface area contributed by atoms with Gasteiger partial charge in [-0.3, -0.25) is 0 Å². The third kappa shape index (κ3) is 3.05. The number of phenols is 1. The second kappa shape index (κ2) is 5.09. The van der Waals surface area contributed by atoms with Crippen molar-refractivity contribution in [3.63, 3.8) is 0 Å². The molecule has 0 aliphatic rings. The SMILES string of the molecule is CCNC(=O)Oc1ccc(O)c(OC)c1. The zero-order chi connectivity index (χ0) is 11.3. The number of rotatable bonds is 3. The lowest BCUT2D eigenvalue weighted by Gasteiger charge is -2.07. The van der Waals surface area contributed by atoms with Crippen LogP contribution in [0.15, 0.2) is 18.2 Å². The van der Waals surface area contributed by atoms with Crippen LogP contribution in [0.3, 0.4) is 0 Å². The fourth-order valence-corrected chi connectivity index (χ4v) is 1.01. The summed E-state index contributed by atoms with van der Waals surface area (Å²) in [6.07, 6.45) is -0.537. The number of phenolic OH excluding ortho intramolecular Hbond substituents is 1. The molecule has 1 amide bonds. The third-order valence-corrected chi connectivity index (χ3v) is 1.68. The van der Waals surface area contributed by atoms with Crippen molar-refractivity contribution < 1.29 is 19.4 Å². The van der Waals surface area contributed by atoms with Gasteiger partial charge in [-0.05, 0) is 19.1 Å². The maximum Gasteiger partial charge on any atom is 0.412 e. The predicted octanol–water partition coefficient (Wildman–Crippen LogP) is 1.51. The topological polar surface area (TPSA) is 67.8 Å². The average Bonchev–Trinajstić information content (AvgIpc) is 2.21. The van der Waals surface area contributed by atoms with E-state index in [0.717, 1.165) is 0 Å². The Balaban J connectivity index is 2.74. The molecule has 5 nitrogen and oxygen atoms in total. The molecule has 0 aliphatic heterocycles. The lowest BCUT2D eigenvalue weighted by molar-refractivity contribution is 0.201. The molecule has 0 aliphatic carbocycles. The van der Waals surface area contributed by atoms with Gasteiger partial charge >= 0.3 is 6.09 Å². The maximum atomic E-state index is 11.1. The first-order valence-electron chi connectivity index (χ1n) is 4.50. The van der Waals surface area contributed by atoms with E-state index in [1.807, 2.05) is 0 Å². The van der Waals surface area contributed by atoms with Gasteiger partial charge in [0.1, 0.15) is 5.75 Å². The van der Waals surface area contributed by atoms with Crippen LogP contribution in [0.5, 0.6) is 17.2 Å². The Bertz CT molecular complexity index is 351. The summed E-state index contributed by atoms with van der Waals surface area (Å²) in [4.78, 5) is 11.1. The molecule has 5 heteroatoms. The van der Waals surface area contributed by atoms with Crippen molar-refractivity contribution in [3.05, 3.63) is 18.2 Å². The van der Waals surface area contributed by atoms with Crippen LogP contribution in [0.1, 0.15) is 6.92 Å². The first-order chi connectivity index (χ1) is 7.17. The fraction of sp³-hybridized carbons (Fsp3) is 0.300. The summed E-state index contributed by atoms with van der Waals surface area (Å²) in [5, 5.41) is 11.8. The van der Waals surface area contributed by atoms with Crippen LogP contribution in [-0.4, -0.2) is 24.9 Å². The van der Waals surface area contributed by atoms with Gasteiger partial charge in [-0.25, -0.2) is 4.79 Å². The summed E-state index contributed by atoms with van der Waals surface area (Å²) in [6, 6.07) is 4.31. The third-order valence-electron chi connectivity index (χ3n) is 1.68. The molecular weight excluding hydrogens is 198 g/mol. The second-order valence-corrected chi connectivity index (χ2v) is 2.75. The van der Waals surface area contributed by atoms with Gasteiger partial charge in [-0.2, -0.15) is 0 Å². The van der Waals surface area contributed by atoms with Gasteiger partial charge in [0.05, 0.1) is 7.11 Å². The number of methoxy groups -OCH3 is 1. The molecule has 0 radical (unpaired) electrons. The van der Waals surface area contributed by atoms with E-state index in [2.05, 4.69) is 5.32 Å². The van der Waals surface area contributed by atoms with Crippen molar-refractivity contribution in [2.75, 3.05) is 13.7 Å². The minimum absolute atomic E-state index is 0.000694. The first-order valence-corrected chi connectivity index (χ1v) is 4.50. The van der Waals surface area contributed by atoms with Gasteiger partial charge in [0.15, 0.2) is 11.5 Å². The number of ether oxygens (including phenoxy) is 2. The minimum atomic E-state index is -0.537. The Morgan fingerprint density at radius 1 is 1.53 bits per heavy atom. The Hall–Kier alpha value is -1.91. The summed E-state index contributed by atoms with van der Waals surface area (Å²) in [6.45, 7) is 2.28. The predicted molar refractivity (Wildman–Crippen MR) is 54.4 cm³/mol. The Labute approximate surface area is 87.6 Å². The lowest BCUT2D eigenvalue weighted by atomic mass is 10.3. The summed E-state index contributed by atoms with van der Waals surface area (Å²) in [5.41, 5.74) is 0. The molecule has 2 N–H and O–H groups in total. The monoisotopic (exact) mass is 211 g/mol. The van der Waals surface area contributed by atoms with Crippen molar-refractivity contribution in [3.8, 4) is 17.2 Å². The van der Waals surface area contributed by atoms with Gasteiger partial charge in [0.25, 0.3) is 0 Å². The lowest BCUT2D eigenvalue weighted by Crippen LogP contribution is -2.26. The van der Waals surface area contributed by atoms with Crippen molar-refractivity contribution in [2.24, 2.45) is 0 Å². The maximum absolute atomic E-state index is 11.1. The number of benzene rings is 1. The van der Waals surface area contributed by atoms with Crippen LogP contribution in [0.25, 0.3) is 0 Å². The molecule has 1 rings (SSSR count). The highest BCUT2D eigenvalue weighted by atomic mass is 16.6. The standard InChI is InChI=1S/C10H13NO4/c1-3-11-10(13)15-7-4-5-8(12)9(6-7)14-2/h4-6,12H,3H2,1-2H3,(H,11,13). The average molecular weight is 211 g/mol. The van der Waals surface area contributed by atoms with Crippen LogP contribution in [-0.2, 0) is 0 Å². The smallest absolute Gasteiger partial charge is 0.412 e. The van der Waals surface area contributed by atoms with E-state index in [9.17, 15) is 9.90 Å². The fourth-order valence-electron chi connectivity index (χ4n) is 1.01. The minimum Gasteiger partial charge on any atom is -0.504 e. The number of hydrogen-bond donors (Lipinski definition) is 2. The van der Waals surface area contributed by atoms with E-state index in [4.69, 9.17) is 9.47 Å². The first kappa shape index (κ1) is 11.2. The number of amides is 1. The van der Waals surface area contributed by atoms with Gasteiger partial charge in [0, 0.05) is 12.6 Å². The van der Waals surface area contributed by atoms with Gasteiger partial charge < -0.3 is 19.9 Å². The normalized spacial score (nSPS) is 9.47. The summed E-state index contributed by atoms with van der Waals surface area (Å²) in [5.74, 6) is 0.577. The highest BCUT2D eigenvalue weighted by molar-refractivity contribution is 5.70. The number of carbonyl (C=O) groups excluding carboxylic acids is 1. The molecule has 0 aromatic heterocycles. The van der Waals surface area contributed by atoms with E-state index in [1.54, 1.807) is 6.92 Å². The van der Waals surface area contributed by atoms with Crippen molar-refractivity contribution >= 4 is 6.09 Å². The van der Waals surface area contributed by atoms with Gasteiger partial charge in [-0.1, -0.05) is 0 Å². The molecule has 0 atom stereocenters. The molecule has 0 unspecified atom stereocenters. The summed E-state index contributed by atoms with van der Waals surface area (Å²) < 4.78 is 9.78. The molecule has 0 spiro atoms. The zero-order valence-electron chi connectivity index (χ0n) is 8.61. The van der Waals surface area contributed by atoms with Crippen LogP contribution in [0.2, 0.25) is 0 Å². The molecule has 1 aromatic carbocycles. The molecule has 0 saturated carbocycles. The van der Waals surface area contributed by atoms with Crippen molar-refractivity contribution in [1.82, 2.24) is 5.32 Å². The number of hydrogen-bond acceptors (Lipinski definition) is 4. The Kier molecular flexibility index (Phi) is 3.79. The summed E-state index contributed by atoms with van der Waals surface area (Å²) in [7, 11) is 1.42. The largest absolute Gasteiger partial charge is 0.504 e. The zero-order valence-corrected chi connectivity index (χ0v) is 8.61. The Morgan fingerprint density at radius 3 is 2.87 bits per heavy atom. The van der Waals surface area contributed by atoms with Crippen molar-refractivity contribution in [2.45, 2.75) is 6.92 Å². The van der Waals surface area contributed by atoms with Crippen LogP contribution in [0, 0.1) is 0 Å². The quantitative estimate of drug-likeness (QED) is 0.795. The highest BCUT2D eigenvalue weighted by Gasteiger charge is 2.06. The van der Waals surface area contributed by atoms with E-state index in [1.165, 1.54) is 25.3 Å².